The minimum absolute atomic E-state index is 0.00139. The number of hydrogen-bond acceptors (Lipinski definition) is 5. The normalized spacial score (nSPS) is 12.5. The molecule has 0 radical (unpaired) electrons. The molecule has 0 atom stereocenters. The second-order valence-electron chi connectivity index (χ2n) is 6.35. The zero-order valence-corrected chi connectivity index (χ0v) is 14.8. The molecule has 2 aromatic heterocycles. The summed E-state index contributed by atoms with van der Waals surface area (Å²) in [5.74, 6) is -5.29. The van der Waals surface area contributed by atoms with Gasteiger partial charge in [-0.25, -0.2) is 13.2 Å². The Morgan fingerprint density at radius 3 is 2.60 bits per heavy atom. The SMILES string of the molecule is O=c1c2cccnc2c(-c2cc3c(c(F)c2F)OCO3)nn1-c1ccc(F)c(F)c1. The van der Waals surface area contributed by atoms with Crippen molar-refractivity contribution in [1.82, 2.24) is 14.8 Å². The zero-order valence-electron chi connectivity index (χ0n) is 14.8. The molecule has 10 heteroatoms. The highest BCUT2D eigenvalue weighted by atomic mass is 19.2. The summed E-state index contributed by atoms with van der Waals surface area (Å²) in [6.45, 7) is -0.282. The van der Waals surface area contributed by atoms with E-state index in [4.69, 9.17) is 9.47 Å². The van der Waals surface area contributed by atoms with Crippen molar-refractivity contribution >= 4 is 10.9 Å². The lowest BCUT2D eigenvalue weighted by Crippen LogP contribution is -2.23. The molecule has 0 bridgehead atoms. The third-order valence-electron chi connectivity index (χ3n) is 4.60. The molecule has 0 saturated heterocycles. The summed E-state index contributed by atoms with van der Waals surface area (Å²) in [6.07, 6.45) is 1.36. The molecule has 0 fully saturated rings. The van der Waals surface area contributed by atoms with Gasteiger partial charge in [-0.05, 0) is 30.3 Å². The van der Waals surface area contributed by atoms with E-state index in [1.165, 1.54) is 24.4 Å². The van der Waals surface area contributed by atoms with Crippen molar-refractivity contribution in [3.63, 3.8) is 0 Å². The highest BCUT2D eigenvalue weighted by Gasteiger charge is 2.28. The quantitative estimate of drug-likeness (QED) is 0.467. The molecule has 5 rings (SSSR count). The van der Waals surface area contributed by atoms with E-state index < -0.39 is 28.8 Å². The average Bonchev–Trinajstić information content (AvgIpc) is 3.22. The Balaban J connectivity index is 1.86. The van der Waals surface area contributed by atoms with Crippen LogP contribution in [0.3, 0.4) is 0 Å². The van der Waals surface area contributed by atoms with Crippen molar-refractivity contribution in [2.45, 2.75) is 0 Å². The second kappa shape index (κ2) is 6.55. The number of nitrogens with zero attached hydrogens (tertiary/aromatic N) is 3. The van der Waals surface area contributed by atoms with E-state index in [-0.39, 0.29) is 46.1 Å². The van der Waals surface area contributed by atoms with Crippen LogP contribution >= 0.6 is 0 Å². The van der Waals surface area contributed by atoms with Crippen LogP contribution in [0.1, 0.15) is 0 Å². The summed E-state index contributed by atoms with van der Waals surface area (Å²) >= 11 is 0. The number of benzene rings is 2. The van der Waals surface area contributed by atoms with Gasteiger partial charge in [0.2, 0.25) is 18.4 Å². The van der Waals surface area contributed by atoms with Crippen LogP contribution in [-0.2, 0) is 0 Å². The first-order valence-electron chi connectivity index (χ1n) is 8.57. The second-order valence-corrected chi connectivity index (χ2v) is 6.35. The lowest BCUT2D eigenvalue weighted by Gasteiger charge is -2.12. The number of pyridine rings is 1. The molecule has 0 spiro atoms. The first kappa shape index (κ1) is 18.1. The van der Waals surface area contributed by atoms with Gasteiger partial charge in [0.05, 0.1) is 11.1 Å². The van der Waals surface area contributed by atoms with Crippen molar-refractivity contribution in [3.8, 4) is 28.4 Å². The van der Waals surface area contributed by atoms with E-state index >= 15 is 0 Å². The summed E-state index contributed by atoms with van der Waals surface area (Å²) in [7, 11) is 0. The summed E-state index contributed by atoms with van der Waals surface area (Å²) in [6, 6.07) is 6.79. The molecular weight excluding hydrogens is 406 g/mol. The predicted octanol–water partition coefficient (Wildman–Crippen LogP) is 3.73. The maximum Gasteiger partial charge on any atom is 0.281 e. The Morgan fingerprint density at radius 1 is 0.967 bits per heavy atom. The third-order valence-corrected chi connectivity index (χ3v) is 4.60. The number of hydrogen-bond donors (Lipinski definition) is 0. The lowest BCUT2D eigenvalue weighted by atomic mass is 10.1. The van der Waals surface area contributed by atoms with Gasteiger partial charge in [0.15, 0.2) is 23.2 Å². The van der Waals surface area contributed by atoms with Crippen LogP contribution in [0.2, 0.25) is 0 Å². The van der Waals surface area contributed by atoms with Gasteiger partial charge >= 0.3 is 0 Å². The number of ether oxygens (including phenoxy) is 2. The first-order chi connectivity index (χ1) is 14.5. The van der Waals surface area contributed by atoms with Gasteiger partial charge in [-0.15, -0.1) is 0 Å². The van der Waals surface area contributed by atoms with E-state index in [1.54, 1.807) is 0 Å². The monoisotopic (exact) mass is 415 g/mol. The van der Waals surface area contributed by atoms with Gasteiger partial charge in [-0.2, -0.15) is 14.2 Å². The smallest absolute Gasteiger partial charge is 0.281 e. The first-order valence-corrected chi connectivity index (χ1v) is 8.57. The summed E-state index contributed by atoms with van der Waals surface area (Å²) in [5.41, 5.74) is -1.33. The molecule has 30 heavy (non-hydrogen) atoms. The molecule has 3 heterocycles. The number of aromatic nitrogens is 3. The van der Waals surface area contributed by atoms with Crippen molar-refractivity contribution in [3.05, 3.63) is 76.2 Å². The van der Waals surface area contributed by atoms with Crippen molar-refractivity contribution in [2.24, 2.45) is 0 Å². The van der Waals surface area contributed by atoms with Gasteiger partial charge in [0.1, 0.15) is 11.2 Å². The number of fused-ring (bicyclic) bond motifs is 2. The highest BCUT2D eigenvalue weighted by Crippen LogP contribution is 2.41. The van der Waals surface area contributed by atoms with E-state index in [0.29, 0.717) is 0 Å². The Kier molecular flexibility index (Phi) is 3.95. The summed E-state index contributed by atoms with van der Waals surface area (Å²) in [5, 5.41) is 4.11. The van der Waals surface area contributed by atoms with Crippen LogP contribution in [-0.4, -0.2) is 21.6 Å². The molecule has 4 aromatic rings. The van der Waals surface area contributed by atoms with Gasteiger partial charge < -0.3 is 9.47 Å². The van der Waals surface area contributed by atoms with Gasteiger partial charge in [0.25, 0.3) is 5.56 Å². The van der Waals surface area contributed by atoms with Crippen LogP contribution in [0.15, 0.2) is 47.4 Å². The van der Waals surface area contributed by atoms with Crippen LogP contribution < -0.4 is 15.0 Å². The third kappa shape index (κ3) is 2.60. The molecule has 0 amide bonds. The van der Waals surface area contributed by atoms with E-state index in [0.717, 1.165) is 22.9 Å². The largest absolute Gasteiger partial charge is 0.453 e. The van der Waals surface area contributed by atoms with Crippen molar-refractivity contribution < 1.29 is 27.0 Å². The molecule has 2 aromatic carbocycles. The average molecular weight is 415 g/mol. The summed E-state index contributed by atoms with van der Waals surface area (Å²) < 4.78 is 67.2. The predicted molar refractivity (Wildman–Crippen MR) is 96.5 cm³/mol. The van der Waals surface area contributed by atoms with Crippen molar-refractivity contribution in [2.75, 3.05) is 6.79 Å². The highest BCUT2D eigenvalue weighted by molar-refractivity contribution is 5.91. The number of rotatable bonds is 2. The molecule has 6 nitrogen and oxygen atoms in total. The zero-order chi connectivity index (χ0) is 21.0. The topological polar surface area (TPSA) is 66.2 Å². The molecule has 0 saturated carbocycles. The van der Waals surface area contributed by atoms with Gasteiger partial charge in [0, 0.05) is 17.8 Å². The fourth-order valence-electron chi connectivity index (χ4n) is 3.20. The van der Waals surface area contributed by atoms with E-state index in [9.17, 15) is 22.4 Å². The minimum Gasteiger partial charge on any atom is -0.453 e. The summed E-state index contributed by atoms with van der Waals surface area (Å²) in [4.78, 5) is 17.0. The molecule has 1 aliphatic rings. The van der Waals surface area contributed by atoms with E-state index in [2.05, 4.69) is 10.1 Å². The Hall–Kier alpha value is -3.95. The van der Waals surface area contributed by atoms with Crippen LogP contribution in [0.25, 0.3) is 27.8 Å². The fourth-order valence-corrected chi connectivity index (χ4v) is 3.20. The Bertz CT molecular complexity index is 1400. The minimum atomic E-state index is -1.28. The maximum atomic E-state index is 14.8. The molecule has 150 valence electrons. The molecule has 1 aliphatic heterocycles. The molecular formula is C20H9F4N3O3. The van der Waals surface area contributed by atoms with Gasteiger partial charge in [-0.1, -0.05) is 0 Å². The molecule has 0 unspecified atom stereocenters. The van der Waals surface area contributed by atoms with Crippen LogP contribution in [0, 0.1) is 23.3 Å². The molecule has 0 N–H and O–H groups in total. The molecule has 0 aliphatic carbocycles. The van der Waals surface area contributed by atoms with Crippen molar-refractivity contribution in [1.29, 1.82) is 0 Å². The van der Waals surface area contributed by atoms with Crippen LogP contribution in [0.5, 0.6) is 11.5 Å². The van der Waals surface area contributed by atoms with Crippen LogP contribution in [0.4, 0.5) is 17.6 Å². The van der Waals surface area contributed by atoms with E-state index in [1.807, 2.05) is 0 Å². The number of halogens is 4. The standard InChI is InChI=1S/C20H9F4N3O3/c21-12-4-3-9(6-13(12)22)27-20(28)10-2-1-5-25-17(10)18(26-27)11-7-14-19(30-8-29-14)16(24)15(11)23/h1-7H,8H2. The lowest BCUT2D eigenvalue weighted by molar-refractivity contribution is 0.170. The fraction of sp³-hybridized carbons (Fsp3) is 0.0500. The van der Waals surface area contributed by atoms with Gasteiger partial charge in [-0.3, -0.25) is 9.78 Å². The maximum absolute atomic E-state index is 14.8. The Labute approximate surface area is 164 Å². The Morgan fingerprint density at radius 2 is 1.80 bits per heavy atom.